The van der Waals surface area contributed by atoms with Crippen LogP contribution in [0, 0.1) is 6.92 Å². The van der Waals surface area contributed by atoms with Crippen LogP contribution in [0.4, 0.5) is 5.69 Å². The van der Waals surface area contributed by atoms with Crippen molar-refractivity contribution < 1.29 is 18.7 Å². The van der Waals surface area contributed by atoms with Gasteiger partial charge in [-0.2, -0.15) is 0 Å². The molecule has 0 aliphatic heterocycles. The van der Waals surface area contributed by atoms with Crippen LogP contribution in [-0.4, -0.2) is 25.5 Å². The van der Waals surface area contributed by atoms with Gasteiger partial charge in [-0.25, -0.2) is 4.79 Å². The van der Waals surface area contributed by atoms with E-state index in [9.17, 15) is 14.4 Å². The Labute approximate surface area is 154 Å². The first kappa shape index (κ1) is 18.2. The van der Waals surface area contributed by atoms with Crippen LogP contribution in [0.2, 0.25) is 0 Å². The highest BCUT2D eigenvalue weighted by Gasteiger charge is 2.13. The summed E-state index contributed by atoms with van der Waals surface area (Å²) in [6.07, 6.45) is 0. The second-order valence-corrected chi connectivity index (χ2v) is 6.06. The van der Waals surface area contributed by atoms with Gasteiger partial charge in [0, 0.05) is 29.8 Å². The van der Waals surface area contributed by atoms with Gasteiger partial charge in [-0.15, -0.1) is 0 Å². The van der Waals surface area contributed by atoms with Crippen LogP contribution in [-0.2, 0) is 4.79 Å². The number of benzene rings is 2. The van der Waals surface area contributed by atoms with Crippen molar-refractivity contribution in [2.24, 2.45) is 5.73 Å². The molecule has 7 heteroatoms. The lowest BCUT2D eigenvalue weighted by atomic mass is 10.1. The molecule has 3 aromatic rings. The number of primary amides is 1. The molecular formula is C20H18N2O5. The van der Waals surface area contributed by atoms with E-state index in [1.807, 2.05) is 0 Å². The van der Waals surface area contributed by atoms with E-state index < -0.39 is 11.5 Å². The Bertz CT molecular complexity index is 1070. The van der Waals surface area contributed by atoms with Gasteiger partial charge in [0.1, 0.15) is 11.3 Å². The molecule has 138 valence electrons. The highest BCUT2D eigenvalue weighted by Crippen LogP contribution is 2.22. The lowest BCUT2D eigenvalue weighted by molar-refractivity contribution is -0.120. The number of rotatable bonds is 5. The zero-order valence-corrected chi connectivity index (χ0v) is 14.9. The summed E-state index contributed by atoms with van der Waals surface area (Å²) < 4.78 is 10.7. The second-order valence-electron chi connectivity index (χ2n) is 6.06. The number of nitrogens with zero attached hydrogens (tertiary/aromatic N) is 1. The minimum absolute atomic E-state index is 0.171. The summed E-state index contributed by atoms with van der Waals surface area (Å²) in [5, 5.41) is 0.745. The average Bonchev–Trinajstić information content (AvgIpc) is 2.65. The van der Waals surface area contributed by atoms with Crippen LogP contribution in [0.3, 0.4) is 0 Å². The standard InChI is InChI=1S/C20H18N2O5/c1-12-9-19(24)27-17-8-7-15(10-16(12)17)26-11-18(23)22(2)14-5-3-13(4-6-14)20(21)25/h3-10H,11H2,1-2H3,(H2,21,25). The molecular weight excluding hydrogens is 348 g/mol. The van der Waals surface area contributed by atoms with Gasteiger partial charge in [0.15, 0.2) is 6.61 Å². The molecule has 0 fully saturated rings. The number of anilines is 1. The summed E-state index contributed by atoms with van der Waals surface area (Å²) >= 11 is 0. The van der Waals surface area contributed by atoms with E-state index in [4.69, 9.17) is 14.9 Å². The highest BCUT2D eigenvalue weighted by atomic mass is 16.5. The summed E-state index contributed by atoms with van der Waals surface area (Å²) in [6.45, 7) is 1.63. The summed E-state index contributed by atoms with van der Waals surface area (Å²) in [5.41, 5.74) is 7.01. The molecule has 3 rings (SSSR count). The number of ether oxygens (including phenoxy) is 1. The number of nitrogens with two attached hydrogens (primary N) is 1. The van der Waals surface area contributed by atoms with Gasteiger partial charge in [-0.05, 0) is 55.0 Å². The molecule has 0 aliphatic rings. The Kier molecular flexibility index (Phi) is 4.94. The number of aryl methyl sites for hydroxylation is 1. The van der Waals surface area contributed by atoms with Crippen LogP contribution >= 0.6 is 0 Å². The number of hydrogen-bond donors (Lipinski definition) is 1. The van der Waals surface area contributed by atoms with Crippen molar-refractivity contribution in [3.05, 3.63) is 70.1 Å². The highest BCUT2D eigenvalue weighted by molar-refractivity contribution is 5.96. The first-order valence-electron chi connectivity index (χ1n) is 8.19. The molecule has 0 radical (unpaired) electrons. The SMILES string of the molecule is Cc1cc(=O)oc2ccc(OCC(=O)N(C)c3ccc(C(N)=O)cc3)cc12. The predicted octanol–water partition coefficient (Wildman–Crippen LogP) is 2.24. The van der Waals surface area contributed by atoms with Crippen molar-refractivity contribution in [3.63, 3.8) is 0 Å². The largest absolute Gasteiger partial charge is 0.484 e. The van der Waals surface area contributed by atoms with E-state index in [1.54, 1.807) is 56.4 Å². The van der Waals surface area contributed by atoms with Crippen molar-refractivity contribution in [1.82, 2.24) is 0 Å². The minimum Gasteiger partial charge on any atom is -0.484 e. The molecule has 0 aliphatic carbocycles. The lowest BCUT2D eigenvalue weighted by Gasteiger charge is -2.18. The molecule has 27 heavy (non-hydrogen) atoms. The van der Waals surface area contributed by atoms with Gasteiger partial charge in [-0.1, -0.05) is 0 Å². The van der Waals surface area contributed by atoms with Crippen molar-refractivity contribution >= 4 is 28.5 Å². The van der Waals surface area contributed by atoms with Crippen LogP contribution in [0.1, 0.15) is 15.9 Å². The summed E-state index contributed by atoms with van der Waals surface area (Å²) in [4.78, 5) is 36.3. The van der Waals surface area contributed by atoms with Crippen molar-refractivity contribution in [2.75, 3.05) is 18.6 Å². The van der Waals surface area contributed by atoms with E-state index in [2.05, 4.69) is 0 Å². The molecule has 0 saturated carbocycles. The van der Waals surface area contributed by atoms with E-state index in [-0.39, 0.29) is 12.5 Å². The maximum atomic E-state index is 12.4. The van der Waals surface area contributed by atoms with Crippen LogP contribution < -0.4 is 21.0 Å². The molecule has 0 atom stereocenters. The quantitative estimate of drug-likeness (QED) is 0.698. The van der Waals surface area contributed by atoms with Gasteiger partial charge in [0.25, 0.3) is 5.91 Å². The predicted molar refractivity (Wildman–Crippen MR) is 101 cm³/mol. The van der Waals surface area contributed by atoms with Crippen LogP contribution in [0.15, 0.2) is 57.7 Å². The molecule has 2 N–H and O–H groups in total. The monoisotopic (exact) mass is 366 g/mol. The lowest BCUT2D eigenvalue weighted by Crippen LogP contribution is -2.31. The molecule has 0 bridgehead atoms. The Morgan fingerprint density at radius 1 is 1.11 bits per heavy atom. The molecule has 0 saturated heterocycles. The third-order valence-electron chi connectivity index (χ3n) is 4.20. The Balaban J connectivity index is 1.70. The molecule has 1 heterocycles. The zero-order valence-electron chi connectivity index (χ0n) is 14.9. The van der Waals surface area contributed by atoms with E-state index in [1.165, 1.54) is 11.0 Å². The molecule has 7 nitrogen and oxygen atoms in total. The summed E-state index contributed by atoms with van der Waals surface area (Å²) in [6, 6.07) is 12.8. The Hall–Kier alpha value is -3.61. The smallest absolute Gasteiger partial charge is 0.336 e. The van der Waals surface area contributed by atoms with Crippen molar-refractivity contribution in [1.29, 1.82) is 0 Å². The van der Waals surface area contributed by atoms with Crippen molar-refractivity contribution in [3.8, 4) is 5.75 Å². The van der Waals surface area contributed by atoms with Gasteiger partial charge >= 0.3 is 5.63 Å². The van der Waals surface area contributed by atoms with E-state index in [0.717, 1.165) is 10.9 Å². The van der Waals surface area contributed by atoms with Crippen LogP contribution in [0.25, 0.3) is 11.0 Å². The molecule has 0 spiro atoms. The van der Waals surface area contributed by atoms with Crippen LogP contribution in [0.5, 0.6) is 5.75 Å². The normalized spacial score (nSPS) is 10.6. The topological polar surface area (TPSA) is 103 Å². The fourth-order valence-corrected chi connectivity index (χ4v) is 2.62. The second kappa shape index (κ2) is 7.33. The molecule has 1 aromatic heterocycles. The molecule has 2 aromatic carbocycles. The average molecular weight is 366 g/mol. The summed E-state index contributed by atoms with van der Waals surface area (Å²) in [7, 11) is 1.62. The first-order valence-corrected chi connectivity index (χ1v) is 8.19. The van der Waals surface area contributed by atoms with Gasteiger partial charge in [0.05, 0.1) is 0 Å². The maximum Gasteiger partial charge on any atom is 0.336 e. The fraction of sp³-hybridized carbons (Fsp3) is 0.150. The van der Waals surface area contributed by atoms with E-state index >= 15 is 0 Å². The molecule has 2 amide bonds. The Morgan fingerprint density at radius 3 is 2.48 bits per heavy atom. The fourth-order valence-electron chi connectivity index (χ4n) is 2.62. The number of amides is 2. The maximum absolute atomic E-state index is 12.4. The zero-order chi connectivity index (χ0) is 19.6. The van der Waals surface area contributed by atoms with Gasteiger partial charge in [-0.3, -0.25) is 9.59 Å². The Morgan fingerprint density at radius 2 is 1.81 bits per heavy atom. The van der Waals surface area contributed by atoms with Gasteiger partial charge < -0.3 is 19.8 Å². The number of likely N-dealkylation sites (N-methyl/N-ethyl adjacent to an activating group) is 1. The number of carbonyl (C=O) groups is 2. The van der Waals surface area contributed by atoms with Crippen molar-refractivity contribution in [2.45, 2.75) is 6.92 Å². The molecule has 0 unspecified atom stereocenters. The first-order chi connectivity index (χ1) is 12.8. The number of hydrogen-bond acceptors (Lipinski definition) is 5. The third kappa shape index (κ3) is 3.98. The number of fused-ring (bicyclic) bond motifs is 1. The summed E-state index contributed by atoms with van der Waals surface area (Å²) in [5.74, 6) is -0.301. The van der Waals surface area contributed by atoms with E-state index in [0.29, 0.717) is 22.6 Å². The minimum atomic E-state index is -0.527. The number of carbonyl (C=O) groups excluding carboxylic acids is 2. The van der Waals surface area contributed by atoms with Gasteiger partial charge in [0.2, 0.25) is 5.91 Å². The third-order valence-corrected chi connectivity index (χ3v) is 4.20.